The number of hydrogen-bond acceptors (Lipinski definition) is 2. The Labute approximate surface area is 123 Å². The summed E-state index contributed by atoms with van der Waals surface area (Å²) in [7, 11) is 0. The van der Waals surface area contributed by atoms with Crippen LogP contribution in [0.3, 0.4) is 0 Å². The van der Waals surface area contributed by atoms with Crippen molar-refractivity contribution in [2.75, 3.05) is 11.1 Å². The van der Waals surface area contributed by atoms with Gasteiger partial charge in [-0.15, -0.1) is 0 Å². The van der Waals surface area contributed by atoms with Gasteiger partial charge in [0.1, 0.15) is 0 Å². The van der Waals surface area contributed by atoms with E-state index in [1.54, 1.807) is 0 Å². The molecule has 2 rings (SSSR count). The summed E-state index contributed by atoms with van der Waals surface area (Å²) in [5.74, 6) is 0.101. The van der Waals surface area contributed by atoms with E-state index in [2.05, 4.69) is 28.2 Å². The molecule has 0 bridgehead atoms. The molecule has 4 heteroatoms. The van der Waals surface area contributed by atoms with Crippen LogP contribution in [0.4, 0.5) is 11.4 Å². The number of carbonyl (C=O) groups is 1. The number of amides is 1. The van der Waals surface area contributed by atoms with Gasteiger partial charge in [-0.1, -0.05) is 42.1 Å². The summed E-state index contributed by atoms with van der Waals surface area (Å²) in [6, 6.07) is 3.79. The van der Waals surface area contributed by atoms with Gasteiger partial charge in [0.15, 0.2) is 0 Å². The average Bonchev–Trinajstić information content (AvgIpc) is 2.34. The Morgan fingerprint density at radius 2 is 1.95 bits per heavy atom. The molecule has 0 unspecified atom stereocenters. The zero-order valence-electron chi connectivity index (χ0n) is 11.6. The smallest absolute Gasteiger partial charge is 0.230 e. The van der Waals surface area contributed by atoms with E-state index in [4.69, 9.17) is 5.73 Å². The van der Waals surface area contributed by atoms with Crippen molar-refractivity contribution in [1.29, 1.82) is 0 Å². The van der Waals surface area contributed by atoms with Crippen molar-refractivity contribution in [2.45, 2.75) is 46.0 Å². The first-order chi connectivity index (χ1) is 8.92. The monoisotopic (exact) mass is 324 g/mol. The van der Waals surface area contributed by atoms with Crippen LogP contribution in [-0.4, -0.2) is 5.91 Å². The Morgan fingerprint density at radius 3 is 2.53 bits per heavy atom. The SMILES string of the molecule is Cc1cc(Br)cc(N)c1NC(=O)C1(C)CCCCC1. The largest absolute Gasteiger partial charge is 0.397 e. The van der Waals surface area contributed by atoms with Gasteiger partial charge in [-0.2, -0.15) is 0 Å². The third-order valence-electron chi connectivity index (χ3n) is 4.07. The van der Waals surface area contributed by atoms with E-state index in [0.29, 0.717) is 5.69 Å². The fourth-order valence-electron chi connectivity index (χ4n) is 2.76. The summed E-state index contributed by atoms with van der Waals surface area (Å²) in [4.78, 5) is 12.5. The molecule has 0 aliphatic heterocycles. The molecule has 1 aromatic rings. The zero-order chi connectivity index (χ0) is 14.0. The second kappa shape index (κ2) is 5.53. The number of rotatable bonds is 2. The van der Waals surface area contributed by atoms with Gasteiger partial charge in [-0.3, -0.25) is 4.79 Å². The molecule has 3 nitrogen and oxygen atoms in total. The van der Waals surface area contributed by atoms with Crippen LogP contribution in [0, 0.1) is 12.3 Å². The van der Waals surface area contributed by atoms with E-state index >= 15 is 0 Å². The predicted molar refractivity (Wildman–Crippen MR) is 83.1 cm³/mol. The lowest BCUT2D eigenvalue weighted by atomic mass is 9.75. The average molecular weight is 325 g/mol. The molecule has 0 heterocycles. The first kappa shape index (κ1) is 14.4. The number of nitrogen functional groups attached to an aromatic ring is 1. The normalized spacial score (nSPS) is 18.1. The van der Waals surface area contributed by atoms with Gasteiger partial charge in [-0.25, -0.2) is 0 Å². The molecule has 3 N–H and O–H groups in total. The molecule has 1 fully saturated rings. The lowest BCUT2D eigenvalue weighted by Crippen LogP contribution is -2.35. The summed E-state index contributed by atoms with van der Waals surface area (Å²) in [6.07, 6.45) is 5.45. The van der Waals surface area contributed by atoms with E-state index in [1.807, 2.05) is 19.1 Å². The third kappa shape index (κ3) is 3.11. The van der Waals surface area contributed by atoms with Gasteiger partial charge in [0, 0.05) is 9.89 Å². The topological polar surface area (TPSA) is 55.1 Å². The van der Waals surface area contributed by atoms with E-state index in [0.717, 1.165) is 41.4 Å². The standard InChI is InChI=1S/C15H21BrN2O/c1-10-8-11(16)9-12(17)13(10)18-14(19)15(2)6-4-3-5-7-15/h8-9H,3-7,17H2,1-2H3,(H,18,19). The van der Waals surface area contributed by atoms with Crippen LogP contribution in [0.5, 0.6) is 0 Å². The Balaban J connectivity index is 2.19. The maximum absolute atomic E-state index is 12.5. The maximum Gasteiger partial charge on any atom is 0.230 e. The highest BCUT2D eigenvalue weighted by Crippen LogP contribution is 2.38. The minimum absolute atomic E-state index is 0.101. The Hall–Kier alpha value is -1.03. The number of benzene rings is 1. The molecule has 1 aliphatic rings. The highest BCUT2D eigenvalue weighted by Gasteiger charge is 2.34. The van der Waals surface area contributed by atoms with Crippen LogP contribution >= 0.6 is 15.9 Å². The summed E-state index contributed by atoms with van der Waals surface area (Å²) < 4.78 is 0.935. The van der Waals surface area contributed by atoms with Crippen molar-refractivity contribution in [3.63, 3.8) is 0 Å². The van der Waals surface area contributed by atoms with Gasteiger partial charge >= 0.3 is 0 Å². The lowest BCUT2D eigenvalue weighted by molar-refractivity contribution is -0.126. The summed E-state index contributed by atoms with van der Waals surface area (Å²) in [5, 5.41) is 3.03. The van der Waals surface area contributed by atoms with Crippen LogP contribution in [0.15, 0.2) is 16.6 Å². The number of hydrogen-bond donors (Lipinski definition) is 2. The first-order valence-electron chi connectivity index (χ1n) is 6.79. The minimum Gasteiger partial charge on any atom is -0.397 e. The maximum atomic E-state index is 12.5. The molecule has 0 atom stereocenters. The first-order valence-corrected chi connectivity index (χ1v) is 7.59. The van der Waals surface area contributed by atoms with E-state index in [9.17, 15) is 4.79 Å². The van der Waals surface area contributed by atoms with Crippen LogP contribution in [0.2, 0.25) is 0 Å². The van der Waals surface area contributed by atoms with Crippen molar-refractivity contribution in [2.24, 2.45) is 5.41 Å². The molecular formula is C15H21BrN2O. The summed E-state index contributed by atoms with van der Waals surface area (Å²) in [5.41, 5.74) is 8.10. The summed E-state index contributed by atoms with van der Waals surface area (Å²) in [6.45, 7) is 4.02. The van der Waals surface area contributed by atoms with Crippen molar-refractivity contribution in [1.82, 2.24) is 0 Å². The fourth-order valence-corrected chi connectivity index (χ4v) is 3.35. The molecule has 1 aromatic carbocycles. The second-order valence-electron chi connectivity index (χ2n) is 5.76. The number of halogens is 1. The van der Waals surface area contributed by atoms with Crippen molar-refractivity contribution in [3.8, 4) is 0 Å². The molecular weight excluding hydrogens is 304 g/mol. The number of nitrogens with two attached hydrogens (primary N) is 1. The van der Waals surface area contributed by atoms with Crippen molar-refractivity contribution < 1.29 is 4.79 Å². The van der Waals surface area contributed by atoms with Crippen molar-refractivity contribution >= 4 is 33.2 Å². The van der Waals surface area contributed by atoms with Crippen LogP contribution in [-0.2, 0) is 4.79 Å². The quantitative estimate of drug-likeness (QED) is 0.799. The van der Waals surface area contributed by atoms with E-state index in [-0.39, 0.29) is 11.3 Å². The molecule has 1 amide bonds. The van der Waals surface area contributed by atoms with Gasteiger partial charge in [0.2, 0.25) is 5.91 Å². The lowest BCUT2D eigenvalue weighted by Gasteiger charge is -2.32. The van der Waals surface area contributed by atoms with E-state index < -0.39 is 0 Å². The number of nitrogens with one attached hydrogen (secondary N) is 1. The second-order valence-corrected chi connectivity index (χ2v) is 6.68. The minimum atomic E-state index is -0.246. The fraction of sp³-hybridized carbons (Fsp3) is 0.533. The Morgan fingerprint density at radius 1 is 1.32 bits per heavy atom. The summed E-state index contributed by atoms with van der Waals surface area (Å²) >= 11 is 3.41. The van der Waals surface area contributed by atoms with Gasteiger partial charge in [-0.05, 0) is 37.5 Å². The highest BCUT2D eigenvalue weighted by atomic mass is 79.9. The number of anilines is 2. The zero-order valence-corrected chi connectivity index (χ0v) is 13.1. The number of carbonyl (C=O) groups excluding carboxylic acids is 1. The molecule has 104 valence electrons. The van der Waals surface area contributed by atoms with Crippen molar-refractivity contribution in [3.05, 3.63) is 22.2 Å². The van der Waals surface area contributed by atoms with Crippen LogP contribution in [0.25, 0.3) is 0 Å². The van der Waals surface area contributed by atoms with E-state index in [1.165, 1.54) is 6.42 Å². The third-order valence-corrected chi connectivity index (χ3v) is 4.53. The van der Waals surface area contributed by atoms with Gasteiger partial charge < -0.3 is 11.1 Å². The molecule has 1 aliphatic carbocycles. The Kier molecular flexibility index (Phi) is 4.19. The predicted octanol–water partition coefficient (Wildman–Crippen LogP) is 4.25. The van der Waals surface area contributed by atoms with Crippen LogP contribution < -0.4 is 11.1 Å². The van der Waals surface area contributed by atoms with Gasteiger partial charge in [0.05, 0.1) is 11.4 Å². The Bertz CT molecular complexity index is 470. The molecule has 0 saturated heterocycles. The molecule has 19 heavy (non-hydrogen) atoms. The molecule has 0 spiro atoms. The molecule has 0 radical (unpaired) electrons. The number of aryl methyl sites for hydroxylation is 1. The molecule has 1 saturated carbocycles. The molecule has 0 aromatic heterocycles. The van der Waals surface area contributed by atoms with Crippen LogP contribution in [0.1, 0.15) is 44.6 Å². The highest BCUT2D eigenvalue weighted by molar-refractivity contribution is 9.10. The van der Waals surface area contributed by atoms with Gasteiger partial charge in [0.25, 0.3) is 0 Å².